The van der Waals surface area contributed by atoms with E-state index in [4.69, 9.17) is 4.74 Å². The Kier molecular flexibility index (Phi) is 7.14. The molecule has 0 aliphatic carbocycles. The topological polar surface area (TPSA) is 21.3 Å². The third kappa shape index (κ3) is 4.52. The van der Waals surface area contributed by atoms with Crippen molar-refractivity contribution in [2.24, 2.45) is 5.92 Å². The molecule has 0 radical (unpaired) electrons. The zero-order valence-corrected chi connectivity index (χ0v) is 15.4. The van der Waals surface area contributed by atoms with Gasteiger partial charge in [-0.15, -0.1) is 12.4 Å². The van der Waals surface area contributed by atoms with E-state index in [2.05, 4.69) is 73.8 Å². The maximum absolute atomic E-state index is 6.25. The molecule has 3 rings (SSSR count). The molecule has 3 heteroatoms. The molecule has 1 saturated heterocycles. The molecule has 1 aliphatic rings. The minimum Gasteiger partial charge on any atom is -0.493 e. The Morgan fingerprint density at radius 2 is 1.75 bits per heavy atom. The first-order valence-corrected chi connectivity index (χ1v) is 8.73. The van der Waals surface area contributed by atoms with Gasteiger partial charge < -0.3 is 10.1 Å². The second-order valence-electron chi connectivity index (χ2n) is 6.77. The van der Waals surface area contributed by atoms with Crippen molar-refractivity contribution in [2.75, 3.05) is 19.7 Å². The van der Waals surface area contributed by atoms with Gasteiger partial charge in [0.15, 0.2) is 0 Å². The smallest absolute Gasteiger partial charge is 0.122 e. The Bertz CT molecular complexity index is 614. The lowest BCUT2D eigenvalue weighted by molar-refractivity contribution is 0.195. The second-order valence-corrected chi connectivity index (χ2v) is 6.77. The van der Waals surface area contributed by atoms with Crippen molar-refractivity contribution >= 4 is 12.4 Å². The van der Waals surface area contributed by atoms with Gasteiger partial charge in [0.25, 0.3) is 0 Å². The summed E-state index contributed by atoms with van der Waals surface area (Å²) in [7, 11) is 0. The van der Waals surface area contributed by atoms with Crippen LogP contribution in [-0.4, -0.2) is 19.7 Å². The summed E-state index contributed by atoms with van der Waals surface area (Å²) in [6.45, 7) is 7.34. The monoisotopic (exact) mass is 345 g/mol. The van der Waals surface area contributed by atoms with Crippen molar-refractivity contribution in [3.05, 3.63) is 65.7 Å². The summed E-state index contributed by atoms with van der Waals surface area (Å²) in [5, 5.41) is 3.53. The van der Waals surface area contributed by atoms with E-state index in [1.807, 2.05) is 0 Å². The van der Waals surface area contributed by atoms with Crippen molar-refractivity contribution < 1.29 is 4.74 Å². The summed E-state index contributed by atoms with van der Waals surface area (Å²) in [5.74, 6) is 2.63. The normalized spacial score (nSPS) is 20.5. The Morgan fingerprint density at radius 3 is 2.50 bits per heavy atom. The molecule has 1 fully saturated rings. The zero-order chi connectivity index (χ0) is 16.1. The SMILES string of the molecule is CC(C)c1ccccc1OC[C@H]1CNCC[C@H]1c1ccccc1.Cl. The van der Waals surface area contributed by atoms with E-state index in [-0.39, 0.29) is 12.4 Å². The lowest BCUT2D eigenvalue weighted by Gasteiger charge is -2.32. The van der Waals surface area contributed by atoms with Gasteiger partial charge in [-0.1, -0.05) is 62.4 Å². The molecular formula is C21H28ClNO. The van der Waals surface area contributed by atoms with Gasteiger partial charge >= 0.3 is 0 Å². The molecule has 2 atom stereocenters. The number of hydrogen-bond acceptors (Lipinski definition) is 2. The third-order valence-corrected chi connectivity index (χ3v) is 4.83. The summed E-state index contributed by atoms with van der Waals surface area (Å²) in [4.78, 5) is 0. The van der Waals surface area contributed by atoms with Crippen molar-refractivity contribution in [3.8, 4) is 5.75 Å². The van der Waals surface area contributed by atoms with E-state index in [1.165, 1.54) is 17.5 Å². The van der Waals surface area contributed by atoms with Crippen LogP contribution in [0, 0.1) is 5.92 Å². The summed E-state index contributed by atoms with van der Waals surface area (Å²) < 4.78 is 6.25. The fourth-order valence-electron chi connectivity index (χ4n) is 3.52. The van der Waals surface area contributed by atoms with Crippen LogP contribution in [0.3, 0.4) is 0 Å². The molecule has 2 nitrogen and oxygen atoms in total. The molecule has 1 N–H and O–H groups in total. The molecule has 0 amide bonds. The van der Waals surface area contributed by atoms with Gasteiger partial charge in [-0.2, -0.15) is 0 Å². The zero-order valence-electron chi connectivity index (χ0n) is 14.6. The second kappa shape index (κ2) is 9.10. The van der Waals surface area contributed by atoms with Crippen LogP contribution in [0.15, 0.2) is 54.6 Å². The maximum Gasteiger partial charge on any atom is 0.122 e. The van der Waals surface area contributed by atoms with E-state index in [1.54, 1.807) is 0 Å². The highest BCUT2D eigenvalue weighted by atomic mass is 35.5. The first-order valence-electron chi connectivity index (χ1n) is 8.73. The maximum atomic E-state index is 6.25. The molecule has 2 aromatic carbocycles. The van der Waals surface area contributed by atoms with Crippen molar-refractivity contribution in [1.82, 2.24) is 5.32 Å². The fourth-order valence-corrected chi connectivity index (χ4v) is 3.52. The molecular weight excluding hydrogens is 318 g/mol. The number of ether oxygens (including phenoxy) is 1. The molecule has 1 aliphatic heterocycles. The molecule has 0 saturated carbocycles. The summed E-state index contributed by atoms with van der Waals surface area (Å²) in [6, 6.07) is 19.3. The largest absolute Gasteiger partial charge is 0.493 e. The average molecular weight is 346 g/mol. The van der Waals surface area contributed by atoms with Gasteiger partial charge in [-0.3, -0.25) is 0 Å². The number of piperidine rings is 1. The van der Waals surface area contributed by atoms with Gasteiger partial charge in [0.1, 0.15) is 5.75 Å². The minimum absolute atomic E-state index is 0. The van der Waals surface area contributed by atoms with Gasteiger partial charge in [-0.05, 0) is 42.0 Å². The standard InChI is InChI=1S/C21H27NO.ClH/c1-16(2)19-10-6-7-11-21(19)23-15-18-14-22-13-12-20(18)17-8-4-3-5-9-17;/h3-11,16,18,20,22H,12-15H2,1-2H3;1H/t18-,20+;/m1./s1. The number of para-hydroxylation sites is 1. The van der Waals surface area contributed by atoms with Crippen molar-refractivity contribution in [1.29, 1.82) is 0 Å². The van der Waals surface area contributed by atoms with Crippen molar-refractivity contribution in [2.45, 2.75) is 32.1 Å². The van der Waals surface area contributed by atoms with Crippen LogP contribution in [0.5, 0.6) is 5.75 Å². The van der Waals surface area contributed by atoms with E-state index >= 15 is 0 Å². The van der Waals surface area contributed by atoms with Crippen molar-refractivity contribution in [3.63, 3.8) is 0 Å². The van der Waals surface area contributed by atoms with Crippen LogP contribution < -0.4 is 10.1 Å². The Balaban J connectivity index is 0.00000208. The van der Waals surface area contributed by atoms with Crippen LogP contribution >= 0.6 is 12.4 Å². The summed E-state index contributed by atoms with van der Waals surface area (Å²) >= 11 is 0. The lowest BCUT2D eigenvalue weighted by Crippen LogP contribution is -2.38. The Labute approximate surface area is 152 Å². The van der Waals surface area contributed by atoms with E-state index in [0.717, 1.165) is 25.4 Å². The van der Waals surface area contributed by atoms with E-state index in [9.17, 15) is 0 Å². The first kappa shape index (κ1) is 18.8. The Hall–Kier alpha value is -1.51. The predicted molar refractivity (Wildman–Crippen MR) is 103 cm³/mol. The van der Waals surface area contributed by atoms with Crippen LogP contribution in [-0.2, 0) is 0 Å². The van der Waals surface area contributed by atoms with Crippen LogP contribution in [0.2, 0.25) is 0 Å². The first-order chi connectivity index (χ1) is 11.3. The van der Waals surface area contributed by atoms with Gasteiger partial charge in [0, 0.05) is 12.5 Å². The van der Waals surface area contributed by atoms with Crippen LogP contribution in [0.25, 0.3) is 0 Å². The predicted octanol–water partition coefficient (Wildman–Crippen LogP) is 5.00. The number of hydrogen-bond donors (Lipinski definition) is 1. The highest BCUT2D eigenvalue weighted by Crippen LogP contribution is 2.32. The molecule has 130 valence electrons. The third-order valence-electron chi connectivity index (χ3n) is 4.83. The fraction of sp³-hybridized carbons (Fsp3) is 0.429. The molecule has 0 bridgehead atoms. The average Bonchev–Trinajstić information content (AvgIpc) is 2.61. The van der Waals surface area contributed by atoms with Gasteiger partial charge in [-0.25, -0.2) is 0 Å². The minimum atomic E-state index is 0. The van der Waals surface area contributed by atoms with Gasteiger partial charge in [0.05, 0.1) is 6.61 Å². The highest BCUT2D eigenvalue weighted by molar-refractivity contribution is 5.85. The highest BCUT2D eigenvalue weighted by Gasteiger charge is 2.27. The number of halogens is 1. The summed E-state index contributed by atoms with van der Waals surface area (Å²) in [5.41, 5.74) is 2.74. The number of nitrogens with one attached hydrogen (secondary N) is 1. The molecule has 0 unspecified atom stereocenters. The Morgan fingerprint density at radius 1 is 1.04 bits per heavy atom. The molecule has 2 aromatic rings. The number of rotatable bonds is 5. The molecule has 24 heavy (non-hydrogen) atoms. The molecule has 0 aromatic heterocycles. The van der Waals surface area contributed by atoms with E-state index < -0.39 is 0 Å². The molecule has 0 spiro atoms. The quantitative estimate of drug-likeness (QED) is 0.823. The number of benzene rings is 2. The van der Waals surface area contributed by atoms with Crippen LogP contribution in [0.1, 0.15) is 43.2 Å². The van der Waals surface area contributed by atoms with Crippen LogP contribution in [0.4, 0.5) is 0 Å². The summed E-state index contributed by atoms with van der Waals surface area (Å²) in [6.07, 6.45) is 1.18. The molecule has 1 heterocycles. The van der Waals surface area contributed by atoms with E-state index in [0.29, 0.717) is 17.8 Å². The van der Waals surface area contributed by atoms with Gasteiger partial charge in [0.2, 0.25) is 0 Å². The lowest BCUT2D eigenvalue weighted by atomic mass is 9.81.